The molecule has 1 rings (SSSR count). The minimum atomic E-state index is -3.02. The molecule has 6 heteroatoms. The molecular weight excluding hydrogens is 309 g/mol. The van der Waals surface area contributed by atoms with Gasteiger partial charge in [-0.05, 0) is 47.5 Å². The van der Waals surface area contributed by atoms with Crippen molar-refractivity contribution in [1.82, 2.24) is 0 Å². The fourth-order valence-corrected chi connectivity index (χ4v) is 2.90. The van der Waals surface area contributed by atoms with Crippen LogP contribution in [0.1, 0.15) is 12.5 Å². The third-order valence-electron chi connectivity index (χ3n) is 2.22. The molecule has 0 aromatic heterocycles. The van der Waals surface area contributed by atoms with Crippen LogP contribution in [0.15, 0.2) is 16.6 Å². The van der Waals surface area contributed by atoms with Gasteiger partial charge >= 0.3 is 0 Å². The maximum atomic E-state index is 13.2. The highest BCUT2D eigenvalue weighted by Crippen LogP contribution is 2.24. The summed E-state index contributed by atoms with van der Waals surface area (Å²) >= 11 is 3.10. The third kappa shape index (κ3) is 4.63. The molecule has 1 atom stereocenters. The van der Waals surface area contributed by atoms with Gasteiger partial charge in [0.2, 0.25) is 0 Å². The first-order chi connectivity index (χ1) is 7.69. The largest absolute Gasteiger partial charge is 0.381 e. The van der Waals surface area contributed by atoms with Crippen LogP contribution in [0.4, 0.5) is 10.1 Å². The summed E-state index contributed by atoms with van der Waals surface area (Å²) in [5, 5.41) is 3.06. The molecule has 0 heterocycles. The average Bonchev–Trinajstić information content (AvgIpc) is 2.11. The molecule has 1 unspecified atom stereocenters. The quantitative estimate of drug-likeness (QED) is 0.926. The van der Waals surface area contributed by atoms with E-state index < -0.39 is 9.84 Å². The molecule has 1 N–H and O–H groups in total. The van der Waals surface area contributed by atoms with Crippen molar-refractivity contribution in [3.63, 3.8) is 0 Å². The van der Waals surface area contributed by atoms with Crippen molar-refractivity contribution >= 4 is 31.5 Å². The lowest BCUT2D eigenvalue weighted by Gasteiger charge is -2.16. The first-order valence-corrected chi connectivity index (χ1v) is 7.94. The van der Waals surface area contributed by atoms with Gasteiger partial charge in [-0.15, -0.1) is 0 Å². The van der Waals surface area contributed by atoms with E-state index in [0.717, 1.165) is 11.3 Å². The van der Waals surface area contributed by atoms with E-state index in [9.17, 15) is 12.8 Å². The van der Waals surface area contributed by atoms with Gasteiger partial charge in [0.25, 0.3) is 0 Å². The summed E-state index contributed by atoms with van der Waals surface area (Å²) in [7, 11) is -3.02. The maximum Gasteiger partial charge on any atom is 0.149 e. The SMILES string of the molecule is Cc1cc(F)c(Br)cc1NC(C)CS(C)(=O)=O. The summed E-state index contributed by atoms with van der Waals surface area (Å²) in [6.45, 7) is 3.54. The van der Waals surface area contributed by atoms with E-state index in [0.29, 0.717) is 4.47 Å². The Labute approximate surface area is 109 Å². The van der Waals surface area contributed by atoms with E-state index in [-0.39, 0.29) is 17.6 Å². The molecule has 0 bridgehead atoms. The van der Waals surface area contributed by atoms with Crippen molar-refractivity contribution in [1.29, 1.82) is 0 Å². The number of nitrogens with one attached hydrogen (secondary N) is 1. The molecule has 0 spiro atoms. The molecule has 3 nitrogen and oxygen atoms in total. The summed E-state index contributed by atoms with van der Waals surface area (Å²) in [5.74, 6) is -0.287. The number of aryl methyl sites for hydroxylation is 1. The van der Waals surface area contributed by atoms with Gasteiger partial charge in [0, 0.05) is 18.0 Å². The molecule has 1 aromatic carbocycles. The summed E-state index contributed by atoms with van der Waals surface area (Å²) < 4.78 is 35.8. The Kier molecular flexibility index (Phi) is 4.55. The number of hydrogen-bond donors (Lipinski definition) is 1. The van der Waals surface area contributed by atoms with Crippen molar-refractivity contribution in [2.24, 2.45) is 0 Å². The Hall–Kier alpha value is -0.620. The number of anilines is 1. The van der Waals surface area contributed by atoms with Crippen LogP contribution < -0.4 is 5.32 Å². The second kappa shape index (κ2) is 5.35. The van der Waals surface area contributed by atoms with Crippen molar-refractivity contribution in [2.45, 2.75) is 19.9 Å². The third-order valence-corrected chi connectivity index (χ3v) is 3.94. The molecular formula is C11H15BrFNO2S. The Morgan fingerprint density at radius 2 is 2.06 bits per heavy atom. The minimum absolute atomic E-state index is 0.0431. The van der Waals surface area contributed by atoms with Crippen molar-refractivity contribution < 1.29 is 12.8 Å². The summed E-state index contributed by atoms with van der Waals surface area (Å²) in [4.78, 5) is 0. The summed E-state index contributed by atoms with van der Waals surface area (Å²) in [6.07, 6.45) is 1.19. The van der Waals surface area contributed by atoms with Crippen LogP contribution in [0.3, 0.4) is 0 Å². The molecule has 0 aliphatic heterocycles. The lowest BCUT2D eigenvalue weighted by Crippen LogP contribution is -2.25. The molecule has 96 valence electrons. The Morgan fingerprint density at radius 3 is 2.59 bits per heavy atom. The Morgan fingerprint density at radius 1 is 1.47 bits per heavy atom. The molecule has 0 saturated carbocycles. The Bertz CT molecular complexity index is 516. The molecule has 0 aliphatic carbocycles. The summed E-state index contributed by atoms with van der Waals surface area (Å²) in [5.41, 5.74) is 1.47. The summed E-state index contributed by atoms with van der Waals surface area (Å²) in [6, 6.07) is 2.80. The average molecular weight is 324 g/mol. The van der Waals surface area contributed by atoms with E-state index in [2.05, 4.69) is 21.2 Å². The standard InChI is InChI=1S/C11H15BrFNO2S/c1-7-4-10(13)9(12)5-11(7)14-8(2)6-17(3,15)16/h4-5,8,14H,6H2,1-3H3. The minimum Gasteiger partial charge on any atom is -0.381 e. The molecule has 0 fully saturated rings. The van der Waals surface area contributed by atoms with Crippen LogP contribution in [0, 0.1) is 12.7 Å². The first-order valence-electron chi connectivity index (χ1n) is 5.09. The number of benzene rings is 1. The fraction of sp³-hybridized carbons (Fsp3) is 0.455. The van der Waals surface area contributed by atoms with Gasteiger partial charge < -0.3 is 5.32 Å². The number of sulfone groups is 1. The van der Waals surface area contributed by atoms with E-state index in [1.807, 2.05) is 0 Å². The first kappa shape index (κ1) is 14.4. The highest BCUT2D eigenvalue weighted by atomic mass is 79.9. The highest BCUT2D eigenvalue weighted by Gasteiger charge is 2.12. The number of rotatable bonds is 4. The smallest absolute Gasteiger partial charge is 0.149 e. The second-order valence-electron chi connectivity index (χ2n) is 4.22. The van der Waals surface area contributed by atoms with Crippen LogP contribution in [0.25, 0.3) is 0 Å². The zero-order chi connectivity index (χ0) is 13.2. The molecule has 0 saturated heterocycles. The molecule has 17 heavy (non-hydrogen) atoms. The van der Waals surface area contributed by atoms with Crippen LogP contribution in [0.5, 0.6) is 0 Å². The van der Waals surface area contributed by atoms with Crippen molar-refractivity contribution in [2.75, 3.05) is 17.3 Å². The van der Waals surface area contributed by atoms with Crippen LogP contribution in [-0.4, -0.2) is 26.5 Å². The molecule has 0 amide bonds. The van der Waals surface area contributed by atoms with E-state index in [1.54, 1.807) is 19.9 Å². The normalized spacial score (nSPS) is 13.5. The number of hydrogen-bond acceptors (Lipinski definition) is 3. The van der Waals surface area contributed by atoms with Gasteiger partial charge in [-0.1, -0.05) is 0 Å². The van der Waals surface area contributed by atoms with E-state index in [1.165, 1.54) is 12.3 Å². The van der Waals surface area contributed by atoms with E-state index >= 15 is 0 Å². The number of halogens is 2. The molecule has 1 aromatic rings. The van der Waals surface area contributed by atoms with Crippen LogP contribution in [0.2, 0.25) is 0 Å². The van der Waals surface area contributed by atoms with E-state index in [4.69, 9.17) is 0 Å². The predicted octanol–water partition coefficient (Wildman–Crippen LogP) is 2.74. The lowest BCUT2D eigenvalue weighted by atomic mass is 10.2. The maximum absolute atomic E-state index is 13.2. The van der Waals surface area contributed by atoms with Gasteiger partial charge in [0.1, 0.15) is 15.7 Å². The predicted molar refractivity (Wildman–Crippen MR) is 71.6 cm³/mol. The molecule has 0 aliphatic rings. The fourth-order valence-electron chi connectivity index (χ4n) is 1.56. The van der Waals surface area contributed by atoms with Crippen LogP contribution >= 0.6 is 15.9 Å². The second-order valence-corrected chi connectivity index (χ2v) is 7.26. The van der Waals surface area contributed by atoms with Gasteiger partial charge in [-0.3, -0.25) is 0 Å². The highest BCUT2D eigenvalue weighted by molar-refractivity contribution is 9.10. The Balaban J connectivity index is 2.85. The zero-order valence-electron chi connectivity index (χ0n) is 9.92. The van der Waals surface area contributed by atoms with Gasteiger partial charge in [-0.25, -0.2) is 12.8 Å². The monoisotopic (exact) mass is 323 g/mol. The van der Waals surface area contributed by atoms with Gasteiger partial charge in [-0.2, -0.15) is 0 Å². The lowest BCUT2D eigenvalue weighted by molar-refractivity contribution is 0.597. The zero-order valence-corrected chi connectivity index (χ0v) is 12.3. The van der Waals surface area contributed by atoms with Crippen LogP contribution in [-0.2, 0) is 9.84 Å². The topological polar surface area (TPSA) is 46.2 Å². The molecule has 0 radical (unpaired) electrons. The van der Waals surface area contributed by atoms with Gasteiger partial charge in [0.05, 0.1) is 10.2 Å². The van der Waals surface area contributed by atoms with Crippen molar-refractivity contribution in [3.8, 4) is 0 Å². The van der Waals surface area contributed by atoms with Crippen molar-refractivity contribution in [3.05, 3.63) is 28.0 Å². The van der Waals surface area contributed by atoms with Gasteiger partial charge in [0.15, 0.2) is 0 Å².